The smallest absolute Gasteiger partial charge is 0.315 e. The van der Waals surface area contributed by atoms with Crippen molar-refractivity contribution in [3.63, 3.8) is 0 Å². The van der Waals surface area contributed by atoms with E-state index in [0.717, 1.165) is 17.8 Å². The van der Waals surface area contributed by atoms with Crippen LogP contribution in [0.1, 0.15) is 56.0 Å². The Morgan fingerprint density at radius 3 is 2.73 bits per heavy atom. The molecular formula is C16H27N3O2S. The van der Waals surface area contributed by atoms with Crippen LogP contribution in [0.3, 0.4) is 0 Å². The van der Waals surface area contributed by atoms with Crippen LogP contribution in [0.2, 0.25) is 0 Å². The third-order valence-electron chi connectivity index (χ3n) is 3.86. The highest BCUT2D eigenvalue weighted by Crippen LogP contribution is 2.42. The first-order valence-corrected chi connectivity index (χ1v) is 8.73. The van der Waals surface area contributed by atoms with Crippen LogP contribution < -0.4 is 10.6 Å². The van der Waals surface area contributed by atoms with Gasteiger partial charge in [-0.3, -0.25) is 0 Å². The molecule has 124 valence electrons. The van der Waals surface area contributed by atoms with E-state index in [9.17, 15) is 9.90 Å². The molecule has 0 spiro atoms. The summed E-state index contributed by atoms with van der Waals surface area (Å²) >= 11 is 1.65. The van der Waals surface area contributed by atoms with Gasteiger partial charge < -0.3 is 15.7 Å². The number of thiazole rings is 1. The summed E-state index contributed by atoms with van der Waals surface area (Å²) in [6, 6.07) is -0.123. The molecule has 0 bridgehead atoms. The van der Waals surface area contributed by atoms with Gasteiger partial charge in [0.15, 0.2) is 0 Å². The average molecular weight is 325 g/mol. The average Bonchev–Trinajstić information content (AvgIpc) is 3.14. The van der Waals surface area contributed by atoms with Crippen molar-refractivity contribution in [1.29, 1.82) is 0 Å². The number of carbonyl (C=O) groups is 1. The Labute approximate surface area is 136 Å². The second-order valence-corrected chi connectivity index (χ2v) is 8.43. The molecule has 22 heavy (non-hydrogen) atoms. The number of nitrogens with one attached hydrogen (secondary N) is 2. The van der Waals surface area contributed by atoms with Gasteiger partial charge in [-0.2, -0.15) is 0 Å². The Hall–Kier alpha value is -1.14. The lowest BCUT2D eigenvalue weighted by atomic mass is 9.87. The van der Waals surface area contributed by atoms with Crippen molar-refractivity contribution < 1.29 is 9.90 Å². The minimum atomic E-state index is -0.364. The number of hydrogen-bond acceptors (Lipinski definition) is 4. The molecule has 6 heteroatoms. The van der Waals surface area contributed by atoms with Crippen LogP contribution in [-0.2, 0) is 0 Å². The van der Waals surface area contributed by atoms with Crippen LogP contribution >= 0.6 is 11.3 Å². The van der Waals surface area contributed by atoms with E-state index in [4.69, 9.17) is 0 Å². The molecule has 2 unspecified atom stereocenters. The zero-order valence-electron chi connectivity index (χ0n) is 13.8. The number of rotatable bonds is 7. The van der Waals surface area contributed by atoms with Gasteiger partial charge in [0.2, 0.25) is 0 Å². The molecular weight excluding hydrogens is 298 g/mol. The summed E-state index contributed by atoms with van der Waals surface area (Å²) in [6.07, 6.45) is 4.46. The van der Waals surface area contributed by atoms with Gasteiger partial charge in [-0.05, 0) is 44.4 Å². The number of amides is 2. The fourth-order valence-electron chi connectivity index (χ4n) is 2.71. The van der Waals surface area contributed by atoms with E-state index in [0.29, 0.717) is 18.9 Å². The zero-order chi connectivity index (χ0) is 16.3. The van der Waals surface area contributed by atoms with Gasteiger partial charge in [0.25, 0.3) is 0 Å². The highest BCUT2D eigenvalue weighted by Gasteiger charge is 2.35. The molecule has 0 saturated heterocycles. The summed E-state index contributed by atoms with van der Waals surface area (Å²) < 4.78 is 0. The van der Waals surface area contributed by atoms with E-state index < -0.39 is 0 Å². The lowest BCUT2D eigenvalue weighted by Crippen LogP contribution is -2.43. The van der Waals surface area contributed by atoms with Gasteiger partial charge in [0.05, 0.1) is 12.1 Å². The molecule has 1 aromatic heterocycles. The number of hydrogen-bond donors (Lipinski definition) is 3. The summed E-state index contributed by atoms with van der Waals surface area (Å²) in [7, 11) is 0. The highest BCUT2D eigenvalue weighted by molar-refractivity contribution is 7.11. The van der Waals surface area contributed by atoms with Crippen molar-refractivity contribution in [2.24, 2.45) is 11.3 Å². The van der Waals surface area contributed by atoms with E-state index in [1.165, 1.54) is 4.88 Å². The maximum Gasteiger partial charge on any atom is 0.315 e. The fourth-order valence-corrected chi connectivity index (χ4v) is 3.63. The van der Waals surface area contributed by atoms with Crippen LogP contribution in [0, 0.1) is 18.3 Å². The molecule has 3 N–H and O–H groups in total. The Morgan fingerprint density at radius 1 is 1.55 bits per heavy atom. The van der Waals surface area contributed by atoms with Gasteiger partial charge in [-0.1, -0.05) is 13.8 Å². The molecule has 0 aliphatic heterocycles. The monoisotopic (exact) mass is 325 g/mol. The molecule has 1 fully saturated rings. The molecule has 1 aliphatic rings. The quantitative estimate of drug-likeness (QED) is 0.721. The number of carbonyl (C=O) groups excluding carboxylic acids is 1. The summed E-state index contributed by atoms with van der Waals surface area (Å²) in [5.74, 6) is 0.516. The van der Waals surface area contributed by atoms with E-state index in [1.807, 2.05) is 27.0 Å². The summed E-state index contributed by atoms with van der Waals surface area (Å²) in [5.41, 5.74) is -0.127. The van der Waals surface area contributed by atoms with E-state index >= 15 is 0 Å². The van der Waals surface area contributed by atoms with E-state index in [-0.39, 0.29) is 23.6 Å². The number of nitrogens with zero attached hydrogens (tertiary/aromatic N) is 1. The SMILES string of the molecule is Cc1cnc(C(NC(=O)NCC(C)(C)CC(C)O)C2CC2)s1. The van der Waals surface area contributed by atoms with Crippen molar-refractivity contribution >= 4 is 17.4 Å². The van der Waals surface area contributed by atoms with Crippen molar-refractivity contribution in [1.82, 2.24) is 15.6 Å². The number of aryl methyl sites for hydroxylation is 1. The van der Waals surface area contributed by atoms with Crippen LogP contribution in [0.4, 0.5) is 4.79 Å². The van der Waals surface area contributed by atoms with Crippen LogP contribution in [0.15, 0.2) is 6.20 Å². The van der Waals surface area contributed by atoms with Crippen LogP contribution in [0.25, 0.3) is 0 Å². The van der Waals surface area contributed by atoms with Gasteiger partial charge in [-0.25, -0.2) is 9.78 Å². The highest BCUT2D eigenvalue weighted by atomic mass is 32.1. The predicted molar refractivity (Wildman–Crippen MR) is 88.9 cm³/mol. The van der Waals surface area contributed by atoms with Gasteiger partial charge >= 0.3 is 6.03 Å². The molecule has 1 aromatic rings. The summed E-state index contributed by atoms with van der Waals surface area (Å²) in [6.45, 7) is 8.43. The lowest BCUT2D eigenvalue weighted by Gasteiger charge is -2.27. The zero-order valence-corrected chi connectivity index (χ0v) is 14.7. The molecule has 5 nitrogen and oxygen atoms in total. The number of aromatic nitrogens is 1. The standard InChI is InChI=1S/C16H27N3O2S/c1-10(20)7-16(3,4)9-18-15(21)19-13(12-5-6-12)14-17-8-11(2)22-14/h8,10,12-13,20H,5-7,9H2,1-4H3,(H2,18,19,21). The summed E-state index contributed by atoms with van der Waals surface area (Å²) in [4.78, 5) is 17.8. The first kappa shape index (κ1) is 17.2. The van der Waals surface area contributed by atoms with E-state index in [2.05, 4.69) is 15.6 Å². The number of urea groups is 1. The van der Waals surface area contributed by atoms with Crippen LogP contribution in [0.5, 0.6) is 0 Å². The topological polar surface area (TPSA) is 74.2 Å². The molecule has 1 saturated carbocycles. The minimum Gasteiger partial charge on any atom is -0.393 e. The number of aliphatic hydroxyl groups excluding tert-OH is 1. The molecule has 2 atom stereocenters. The first-order valence-electron chi connectivity index (χ1n) is 7.91. The third kappa shape index (κ3) is 5.25. The van der Waals surface area contributed by atoms with Gasteiger partial charge in [-0.15, -0.1) is 11.3 Å². The Balaban J connectivity index is 1.87. The largest absolute Gasteiger partial charge is 0.393 e. The molecule has 2 amide bonds. The third-order valence-corrected chi connectivity index (χ3v) is 4.86. The van der Waals surface area contributed by atoms with Crippen molar-refractivity contribution in [2.75, 3.05) is 6.54 Å². The maximum atomic E-state index is 12.2. The Bertz CT molecular complexity index is 509. The molecule has 0 radical (unpaired) electrons. The van der Waals surface area contributed by atoms with Crippen LogP contribution in [-0.4, -0.2) is 28.8 Å². The second-order valence-electron chi connectivity index (χ2n) is 7.17. The maximum absolute atomic E-state index is 12.2. The molecule has 1 aliphatic carbocycles. The number of aliphatic hydroxyl groups is 1. The van der Waals surface area contributed by atoms with E-state index in [1.54, 1.807) is 18.3 Å². The summed E-state index contributed by atoms with van der Waals surface area (Å²) in [5, 5.41) is 16.5. The van der Waals surface area contributed by atoms with Gasteiger partial charge in [0.1, 0.15) is 5.01 Å². The van der Waals surface area contributed by atoms with Crippen molar-refractivity contribution in [3.05, 3.63) is 16.1 Å². The lowest BCUT2D eigenvalue weighted by molar-refractivity contribution is 0.128. The minimum absolute atomic E-state index is 0.0265. The predicted octanol–water partition coefficient (Wildman–Crippen LogP) is 3.00. The normalized spacial score (nSPS) is 17.9. The molecule has 2 rings (SSSR count). The molecule has 1 heterocycles. The van der Waals surface area contributed by atoms with Gasteiger partial charge in [0, 0.05) is 17.6 Å². The Kier molecular flexibility index (Phi) is 5.45. The van der Waals surface area contributed by atoms with Crippen molar-refractivity contribution in [2.45, 2.75) is 59.1 Å². The molecule has 0 aromatic carbocycles. The fraction of sp³-hybridized carbons (Fsp3) is 0.750. The first-order chi connectivity index (χ1) is 10.3. The second kappa shape index (κ2) is 6.96. The van der Waals surface area contributed by atoms with Crippen molar-refractivity contribution in [3.8, 4) is 0 Å². The Morgan fingerprint density at radius 2 is 2.23 bits per heavy atom.